The zero-order valence-electron chi connectivity index (χ0n) is 10.4. The number of aromatic amines is 1. The van der Waals surface area contributed by atoms with Crippen molar-refractivity contribution in [2.45, 2.75) is 19.0 Å². The Morgan fingerprint density at radius 3 is 3.15 bits per heavy atom. The number of hydrogen-bond donors (Lipinski definition) is 3. The Labute approximate surface area is 134 Å². The van der Waals surface area contributed by atoms with Crippen molar-refractivity contribution in [3.63, 3.8) is 0 Å². The number of H-pyrrole nitrogens is 1. The summed E-state index contributed by atoms with van der Waals surface area (Å²) >= 11 is 8.30. The molecule has 0 fully saturated rings. The first-order valence-electron chi connectivity index (χ1n) is 6.14. The number of imidazole rings is 1. The molecule has 20 heavy (non-hydrogen) atoms. The Bertz CT molecular complexity index is 658. The van der Waals surface area contributed by atoms with E-state index in [1.54, 1.807) is 6.33 Å². The quantitative estimate of drug-likeness (QED) is 0.675. The van der Waals surface area contributed by atoms with Gasteiger partial charge in [0.25, 0.3) is 0 Å². The van der Waals surface area contributed by atoms with Gasteiger partial charge in [0.05, 0.1) is 34.5 Å². The second-order valence-electron chi connectivity index (χ2n) is 4.58. The van der Waals surface area contributed by atoms with Crippen LogP contribution in [0.2, 0.25) is 5.02 Å². The van der Waals surface area contributed by atoms with E-state index < -0.39 is 0 Å². The zero-order chi connectivity index (χ0) is 14.1. The number of carbonyl (C=O) groups is 1. The van der Waals surface area contributed by atoms with Crippen LogP contribution in [0.15, 0.2) is 24.5 Å². The largest absolute Gasteiger partial charge is 0.347 e. The van der Waals surface area contributed by atoms with Crippen LogP contribution < -0.4 is 10.6 Å². The standard InChI is InChI=1S/C13H12ClIN4O/c14-8-3-7(15)1-2-9(8)19-13(20)11-4-10-12(5-16-11)18-6-17-10/h1-3,6,11,16H,4-5H2,(H,17,18)(H,19,20). The molecule has 0 radical (unpaired) electrons. The maximum atomic E-state index is 12.3. The highest BCUT2D eigenvalue weighted by molar-refractivity contribution is 14.1. The van der Waals surface area contributed by atoms with Crippen molar-refractivity contribution < 1.29 is 4.79 Å². The number of hydrogen-bond acceptors (Lipinski definition) is 3. The minimum absolute atomic E-state index is 0.0956. The van der Waals surface area contributed by atoms with Crippen molar-refractivity contribution in [3.05, 3.63) is 44.5 Å². The molecule has 0 spiro atoms. The van der Waals surface area contributed by atoms with E-state index in [0.717, 1.165) is 15.0 Å². The number of benzene rings is 1. The average Bonchev–Trinajstić information content (AvgIpc) is 2.89. The topological polar surface area (TPSA) is 69.8 Å². The Hall–Kier alpha value is -1.12. The Morgan fingerprint density at radius 2 is 2.35 bits per heavy atom. The zero-order valence-corrected chi connectivity index (χ0v) is 13.3. The molecular formula is C13H12ClIN4O. The predicted molar refractivity (Wildman–Crippen MR) is 85.7 cm³/mol. The fourth-order valence-electron chi connectivity index (χ4n) is 2.17. The van der Waals surface area contributed by atoms with E-state index in [4.69, 9.17) is 11.6 Å². The van der Waals surface area contributed by atoms with Gasteiger partial charge in [-0.05, 0) is 40.8 Å². The predicted octanol–water partition coefficient (Wildman–Crippen LogP) is 2.32. The van der Waals surface area contributed by atoms with Crippen molar-refractivity contribution in [1.82, 2.24) is 15.3 Å². The molecule has 7 heteroatoms. The van der Waals surface area contributed by atoms with E-state index in [9.17, 15) is 4.79 Å². The maximum Gasteiger partial charge on any atom is 0.241 e. The van der Waals surface area contributed by atoms with Gasteiger partial charge in [0.15, 0.2) is 0 Å². The summed E-state index contributed by atoms with van der Waals surface area (Å²) in [4.78, 5) is 19.5. The SMILES string of the molecule is O=C(Nc1ccc(I)cc1Cl)C1Cc2nc[nH]c2CN1. The fraction of sp³-hybridized carbons (Fsp3) is 0.231. The third kappa shape index (κ3) is 2.82. The Morgan fingerprint density at radius 1 is 1.50 bits per heavy atom. The molecule has 104 valence electrons. The van der Waals surface area contributed by atoms with E-state index in [2.05, 4.69) is 43.2 Å². The van der Waals surface area contributed by atoms with Gasteiger partial charge in [0.2, 0.25) is 5.91 Å². The number of carbonyl (C=O) groups excluding carboxylic acids is 1. The summed E-state index contributed by atoms with van der Waals surface area (Å²) in [5.74, 6) is -0.0956. The van der Waals surface area contributed by atoms with Gasteiger partial charge < -0.3 is 10.3 Å². The molecule has 1 aromatic heterocycles. The molecule has 2 heterocycles. The summed E-state index contributed by atoms with van der Waals surface area (Å²) in [6.07, 6.45) is 2.23. The van der Waals surface area contributed by atoms with Gasteiger partial charge >= 0.3 is 0 Å². The number of nitrogens with one attached hydrogen (secondary N) is 3. The lowest BCUT2D eigenvalue weighted by Crippen LogP contribution is -2.44. The fourth-order valence-corrected chi connectivity index (χ4v) is 3.07. The summed E-state index contributed by atoms with van der Waals surface area (Å²) in [5, 5.41) is 6.58. The summed E-state index contributed by atoms with van der Waals surface area (Å²) in [5.41, 5.74) is 2.62. The summed E-state index contributed by atoms with van der Waals surface area (Å²) in [6.45, 7) is 0.619. The van der Waals surface area contributed by atoms with Gasteiger partial charge in [0.1, 0.15) is 0 Å². The van der Waals surface area contributed by atoms with Gasteiger partial charge in [-0.25, -0.2) is 4.98 Å². The molecular weight excluding hydrogens is 391 g/mol. The molecule has 5 nitrogen and oxygen atoms in total. The van der Waals surface area contributed by atoms with Crippen molar-refractivity contribution in [2.75, 3.05) is 5.32 Å². The van der Waals surface area contributed by atoms with E-state index in [0.29, 0.717) is 23.7 Å². The molecule has 2 aromatic rings. The van der Waals surface area contributed by atoms with Crippen LogP contribution in [0.25, 0.3) is 0 Å². The van der Waals surface area contributed by atoms with E-state index in [-0.39, 0.29) is 11.9 Å². The molecule has 1 unspecified atom stereocenters. The van der Waals surface area contributed by atoms with Crippen LogP contribution in [-0.4, -0.2) is 21.9 Å². The van der Waals surface area contributed by atoms with Gasteiger partial charge in [-0.3, -0.25) is 10.1 Å². The number of amides is 1. The van der Waals surface area contributed by atoms with E-state index in [1.807, 2.05) is 18.2 Å². The second-order valence-corrected chi connectivity index (χ2v) is 6.23. The summed E-state index contributed by atoms with van der Waals surface area (Å²) in [6, 6.07) is 5.24. The van der Waals surface area contributed by atoms with Gasteiger partial charge in [-0.1, -0.05) is 11.6 Å². The second kappa shape index (κ2) is 5.71. The highest BCUT2D eigenvalue weighted by Crippen LogP contribution is 2.24. The number of nitrogens with zero attached hydrogens (tertiary/aromatic N) is 1. The smallest absolute Gasteiger partial charge is 0.241 e. The van der Waals surface area contributed by atoms with Crippen LogP contribution in [0.3, 0.4) is 0 Å². The van der Waals surface area contributed by atoms with Crippen molar-refractivity contribution >= 4 is 45.8 Å². The molecule has 0 bridgehead atoms. The van der Waals surface area contributed by atoms with Crippen LogP contribution in [0.5, 0.6) is 0 Å². The number of rotatable bonds is 2. The first kappa shape index (κ1) is 13.8. The third-order valence-corrected chi connectivity index (χ3v) is 4.22. The first-order valence-corrected chi connectivity index (χ1v) is 7.59. The molecule has 1 aliphatic heterocycles. The van der Waals surface area contributed by atoms with Crippen LogP contribution >= 0.6 is 34.2 Å². The van der Waals surface area contributed by atoms with Crippen molar-refractivity contribution in [2.24, 2.45) is 0 Å². The number of fused-ring (bicyclic) bond motifs is 1. The van der Waals surface area contributed by atoms with Crippen LogP contribution in [0.4, 0.5) is 5.69 Å². The van der Waals surface area contributed by atoms with Crippen molar-refractivity contribution in [3.8, 4) is 0 Å². The van der Waals surface area contributed by atoms with Crippen LogP contribution in [-0.2, 0) is 17.8 Å². The maximum absolute atomic E-state index is 12.3. The minimum Gasteiger partial charge on any atom is -0.347 e. The van der Waals surface area contributed by atoms with Gasteiger partial charge in [-0.2, -0.15) is 0 Å². The Balaban J connectivity index is 1.71. The van der Waals surface area contributed by atoms with Gasteiger partial charge in [-0.15, -0.1) is 0 Å². The molecule has 1 amide bonds. The first-order chi connectivity index (χ1) is 9.63. The highest BCUT2D eigenvalue weighted by atomic mass is 127. The molecule has 1 aliphatic rings. The number of anilines is 1. The normalized spacial score (nSPS) is 17.6. The molecule has 3 rings (SSSR count). The summed E-state index contributed by atoms with van der Waals surface area (Å²) in [7, 11) is 0. The lowest BCUT2D eigenvalue weighted by molar-refractivity contribution is -0.118. The van der Waals surface area contributed by atoms with Crippen molar-refractivity contribution in [1.29, 1.82) is 0 Å². The van der Waals surface area contributed by atoms with E-state index in [1.165, 1.54) is 0 Å². The van der Waals surface area contributed by atoms with Crippen LogP contribution in [0.1, 0.15) is 11.4 Å². The highest BCUT2D eigenvalue weighted by Gasteiger charge is 2.26. The monoisotopic (exact) mass is 402 g/mol. The lowest BCUT2D eigenvalue weighted by atomic mass is 10.0. The van der Waals surface area contributed by atoms with Gasteiger partial charge in [0, 0.05) is 16.5 Å². The number of aromatic nitrogens is 2. The minimum atomic E-state index is -0.291. The molecule has 1 atom stereocenters. The average molecular weight is 403 g/mol. The molecule has 0 aliphatic carbocycles. The number of halogens is 2. The van der Waals surface area contributed by atoms with Crippen LogP contribution in [0, 0.1) is 3.57 Å². The molecule has 0 saturated heterocycles. The van der Waals surface area contributed by atoms with E-state index >= 15 is 0 Å². The molecule has 1 aromatic carbocycles. The third-order valence-electron chi connectivity index (χ3n) is 3.24. The molecule has 3 N–H and O–H groups in total. The molecule has 0 saturated carbocycles. The summed E-state index contributed by atoms with van der Waals surface area (Å²) < 4.78 is 1.03. The lowest BCUT2D eigenvalue weighted by Gasteiger charge is -2.22. The Kier molecular flexibility index (Phi) is 3.95.